The summed E-state index contributed by atoms with van der Waals surface area (Å²) < 4.78 is 0. The van der Waals surface area contributed by atoms with E-state index in [9.17, 15) is 4.79 Å². The molecule has 4 nitrogen and oxygen atoms in total. The largest absolute Gasteiger partial charge is 0.481 e. The molecule has 5 heteroatoms. The third kappa shape index (κ3) is 3.36. The normalized spacial score (nSPS) is 10.7. The Balaban J connectivity index is 2.84. The Bertz CT molecular complexity index is 478. The molecular formula is C12H13ClN2O2. The minimum Gasteiger partial charge on any atom is -0.481 e. The summed E-state index contributed by atoms with van der Waals surface area (Å²) in [6.45, 7) is 3.47. The predicted octanol–water partition coefficient (Wildman–Crippen LogP) is 2.73. The van der Waals surface area contributed by atoms with Crippen molar-refractivity contribution in [3.63, 3.8) is 0 Å². The van der Waals surface area contributed by atoms with Crippen molar-refractivity contribution >= 4 is 23.3 Å². The summed E-state index contributed by atoms with van der Waals surface area (Å²) in [6.07, 6.45) is 0. The first kappa shape index (κ1) is 13.3. The monoisotopic (exact) mass is 252 g/mol. The molecule has 0 unspecified atom stereocenters. The predicted molar refractivity (Wildman–Crippen MR) is 66.1 cm³/mol. The van der Waals surface area contributed by atoms with Crippen LogP contribution in [0.1, 0.15) is 19.4 Å². The molecule has 0 radical (unpaired) electrons. The van der Waals surface area contributed by atoms with Crippen molar-refractivity contribution < 1.29 is 9.90 Å². The van der Waals surface area contributed by atoms with E-state index in [4.69, 9.17) is 22.0 Å². The highest BCUT2D eigenvalue weighted by molar-refractivity contribution is 6.30. The summed E-state index contributed by atoms with van der Waals surface area (Å²) in [6, 6.07) is 6.86. The van der Waals surface area contributed by atoms with Crippen LogP contribution in [0.5, 0.6) is 0 Å². The van der Waals surface area contributed by atoms with Crippen molar-refractivity contribution in [2.45, 2.75) is 13.8 Å². The van der Waals surface area contributed by atoms with Crippen molar-refractivity contribution in [2.75, 3.05) is 11.9 Å². The van der Waals surface area contributed by atoms with Crippen LogP contribution in [0.3, 0.4) is 0 Å². The van der Waals surface area contributed by atoms with E-state index < -0.39 is 11.4 Å². The molecule has 90 valence electrons. The number of rotatable bonds is 4. The lowest BCUT2D eigenvalue weighted by Crippen LogP contribution is -2.31. The van der Waals surface area contributed by atoms with Gasteiger partial charge >= 0.3 is 5.97 Å². The zero-order valence-corrected chi connectivity index (χ0v) is 10.4. The molecule has 17 heavy (non-hydrogen) atoms. The number of carboxylic acids is 1. The molecule has 0 amide bonds. The second-order valence-electron chi connectivity index (χ2n) is 4.34. The van der Waals surface area contributed by atoms with Gasteiger partial charge in [0.25, 0.3) is 0 Å². The standard InChI is InChI=1S/C12H13ClN2O2/c1-12(2,11(16)17)7-15-10-4-3-9(13)5-8(10)6-14/h3-5,15H,7H2,1-2H3,(H,16,17). The van der Waals surface area contributed by atoms with Crippen molar-refractivity contribution in [3.8, 4) is 6.07 Å². The number of nitriles is 1. The van der Waals surface area contributed by atoms with Gasteiger partial charge in [0.2, 0.25) is 0 Å². The lowest BCUT2D eigenvalue weighted by molar-refractivity contribution is -0.146. The number of halogens is 1. The molecule has 0 heterocycles. The van der Waals surface area contributed by atoms with Gasteiger partial charge < -0.3 is 10.4 Å². The van der Waals surface area contributed by atoms with Gasteiger partial charge in [-0.2, -0.15) is 5.26 Å². The first-order valence-electron chi connectivity index (χ1n) is 5.04. The van der Waals surface area contributed by atoms with E-state index >= 15 is 0 Å². The number of hydrogen-bond donors (Lipinski definition) is 2. The second-order valence-corrected chi connectivity index (χ2v) is 4.78. The molecule has 0 saturated carbocycles. The fourth-order valence-electron chi connectivity index (χ4n) is 1.15. The van der Waals surface area contributed by atoms with Crippen LogP contribution in [0.25, 0.3) is 0 Å². The molecule has 1 rings (SSSR count). The van der Waals surface area contributed by atoms with Crippen LogP contribution >= 0.6 is 11.6 Å². The number of anilines is 1. The van der Waals surface area contributed by atoms with Gasteiger partial charge in [-0.15, -0.1) is 0 Å². The molecule has 0 bridgehead atoms. The van der Waals surface area contributed by atoms with E-state index in [1.807, 2.05) is 6.07 Å². The maximum atomic E-state index is 10.9. The molecule has 1 aromatic carbocycles. The average Bonchev–Trinajstić information content (AvgIpc) is 2.27. The Hall–Kier alpha value is -1.73. The Morgan fingerprint density at radius 1 is 1.59 bits per heavy atom. The van der Waals surface area contributed by atoms with Crippen LogP contribution in [0, 0.1) is 16.7 Å². The van der Waals surface area contributed by atoms with Crippen LogP contribution in [-0.4, -0.2) is 17.6 Å². The van der Waals surface area contributed by atoms with Gasteiger partial charge in [-0.3, -0.25) is 4.79 Å². The van der Waals surface area contributed by atoms with E-state index in [-0.39, 0.29) is 6.54 Å². The van der Waals surface area contributed by atoms with Crippen molar-refractivity contribution in [3.05, 3.63) is 28.8 Å². The number of carboxylic acid groups (broad SMARTS) is 1. The number of carbonyl (C=O) groups is 1. The summed E-state index contributed by atoms with van der Waals surface area (Å²) in [7, 11) is 0. The molecule has 0 spiro atoms. The van der Waals surface area contributed by atoms with Gasteiger partial charge in [0.05, 0.1) is 16.7 Å². The third-order valence-electron chi connectivity index (χ3n) is 2.40. The fraction of sp³-hybridized carbons (Fsp3) is 0.333. The number of nitrogens with zero attached hydrogens (tertiary/aromatic N) is 1. The average molecular weight is 253 g/mol. The smallest absolute Gasteiger partial charge is 0.310 e. The maximum absolute atomic E-state index is 10.9. The van der Waals surface area contributed by atoms with Crippen LogP contribution < -0.4 is 5.32 Å². The Morgan fingerprint density at radius 3 is 2.76 bits per heavy atom. The molecule has 1 aromatic rings. The molecule has 0 aliphatic heterocycles. The topological polar surface area (TPSA) is 73.1 Å². The van der Waals surface area contributed by atoms with Gasteiger partial charge in [0, 0.05) is 11.6 Å². The molecule has 0 aliphatic rings. The summed E-state index contributed by atoms with van der Waals surface area (Å²) in [5, 5.41) is 21.3. The van der Waals surface area contributed by atoms with Gasteiger partial charge in [-0.1, -0.05) is 11.6 Å². The minimum atomic E-state index is -0.896. The number of benzene rings is 1. The summed E-state index contributed by atoms with van der Waals surface area (Å²) in [5.74, 6) is -0.891. The zero-order valence-electron chi connectivity index (χ0n) is 9.62. The minimum absolute atomic E-state index is 0.235. The van der Waals surface area contributed by atoms with Crippen LogP contribution in [0.4, 0.5) is 5.69 Å². The van der Waals surface area contributed by atoms with Crippen molar-refractivity contribution in [1.29, 1.82) is 5.26 Å². The van der Waals surface area contributed by atoms with Crippen molar-refractivity contribution in [2.24, 2.45) is 5.41 Å². The highest BCUT2D eigenvalue weighted by Crippen LogP contribution is 2.22. The van der Waals surface area contributed by atoms with E-state index in [1.54, 1.807) is 26.0 Å². The Morgan fingerprint density at radius 2 is 2.24 bits per heavy atom. The zero-order chi connectivity index (χ0) is 13.1. The van der Waals surface area contributed by atoms with Crippen LogP contribution in [0.15, 0.2) is 18.2 Å². The molecule has 0 fully saturated rings. The van der Waals surface area contributed by atoms with Gasteiger partial charge in [-0.05, 0) is 32.0 Å². The van der Waals surface area contributed by atoms with Gasteiger partial charge in [-0.25, -0.2) is 0 Å². The maximum Gasteiger partial charge on any atom is 0.310 e. The van der Waals surface area contributed by atoms with Crippen LogP contribution in [0.2, 0.25) is 5.02 Å². The lowest BCUT2D eigenvalue weighted by Gasteiger charge is -2.20. The van der Waals surface area contributed by atoms with E-state index in [0.29, 0.717) is 16.3 Å². The Kier molecular flexibility index (Phi) is 3.97. The third-order valence-corrected chi connectivity index (χ3v) is 2.64. The SMILES string of the molecule is CC(C)(CNc1ccc(Cl)cc1C#N)C(=O)O. The summed E-state index contributed by atoms with van der Waals surface area (Å²) in [5.41, 5.74) is 0.0942. The molecule has 0 aromatic heterocycles. The van der Waals surface area contributed by atoms with Crippen molar-refractivity contribution in [1.82, 2.24) is 0 Å². The first-order valence-corrected chi connectivity index (χ1v) is 5.41. The summed E-state index contributed by atoms with van der Waals surface area (Å²) in [4.78, 5) is 10.9. The number of aliphatic carboxylic acids is 1. The molecule has 0 atom stereocenters. The highest BCUT2D eigenvalue weighted by Gasteiger charge is 2.26. The van der Waals surface area contributed by atoms with Gasteiger partial charge in [0.15, 0.2) is 0 Å². The molecular weight excluding hydrogens is 240 g/mol. The fourth-order valence-corrected chi connectivity index (χ4v) is 1.33. The lowest BCUT2D eigenvalue weighted by atomic mass is 9.93. The second kappa shape index (κ2) is 5.07. The van der Waals surface area contributed by atoms with E-state index in [0.717, 1.165) is 0 Å². The molecule has 0 saturated heterocycles. The quantitative estimate of drug-likeness (QED) is 0.864. The van der Waals surface area contributed by atoms with Crippen LogP contribution in [-0.2, 0) is 4.79 Å². The molecule has 2 N–H and O–H groups in total. The van der Waals surface area contributed by atoms with Gasteiger partial charge in [0.1, 0.15) is 6.07 Å². The Labute approximate surface area is 105 Å². The first-order chi connectivity index (χ1) is 7.86. The highest BCUT2D eigenvalue weighted by atomic mass is 35.5. The number of hydrogen-bond acceptors (Lipinski definition) is 3. The number of nitrogens with one attached hydrogen (secondary N) is 1. The molecule has 0 aliphatic carbocycles. The summed E-state index contributed by atoms with van der Waals surface area (Å²) >= 11 is 5.76. The van der Waals surface area contributed by atoms with E-state index in [1.165, 1.54) is 6.07 Å². The van der Waals surface area contributed by atoms with E-state index in [2.05, 4.69) is 5.32 Å².